The molecular weight excluding hydrogens is 580 g/mol. The largest absolute Gasteiger partial charge is 0.508 e. The van der Waals surface area contributed by atoms with Gasteiger partial charge in [0.25, 0.3) is 5.91 Å². The second-order valence-corrected chi connectivity index (χ2v) is 12.2. The molecule has 0 radical (unpaired) electrons. The molecule has 1 heterocycles. The third-order valence-corrected chi connectivity index (χ3v) is 9.57. The number of nitrogens with one attached hydrogen (secondary N) is 1. The minimum atomic E-state index is -2.94. The van der Waals surface area contributed by atoms with Crippen molar-refractivity contribution in [3.05, 3.63) is 46.2 Å². The van der Waals surface area contributed by atoms with Gasteiger partial charge in [-0.2, -0.15) is 0 Å². The highest BCUT2D eigenvalue weighted by Crippen LogP contribution is 2.56. The van der Waals surface area contributed by atoms with E-state index in [0.29, 0.717) is 31.5 Å². The topological polar surface area (TPSA) is 224 Å². The average molecular weight is 619 g/mol. The number of aliphatic hydroxyl groups is 4. The van der Waals surface area contributed by atoms with Gasteiger partial charge in [-0.1, -0.05) is 19.1 Å². The first-order chi connectivity index (χ1) is 20.7. The molecule has 1 saturated carbocycles. The second-order valence-electron chi connectivity index (χ2n) is 12.2. The third-order valence-electron chi connectivity index (χ3n) is 9.57. The number of Topliss-reactive ketones (excluding diaryl/α,β-unsaturated/α-hetero) is 2. The van der Waals surface area contributed by atoms with Crippen LogP contribution in [0.5, 0.6) is 5.75 Å². The smallest absolute Gasteiger partial charge is 0.259 e. The zero-order valence-corrected chi connectivity index (χ0v) is 24.5. The number of phenolic OH excluding ortho intramolecular Hbond substituents is 1. The van der Waals surface area contributed by atoms with Crippen molar-refractivity contribution in [3.63, 3.8) is 0 Å². The Morgan fingerprint density at radius 1 is 1.14 bits per heavy atom. The molecule has 4 aliphatic rings. The van der Waals surface area contributed by atoms with Gasteiger partial charge in [0.05, 0.1) is 42.3 Å². The van der Waals surface area contributed by atoms with Crippen LogP contribution in [0.2, 0.25) is 0 Å². The maximum absolute atomic E-state index is 14.2. The Labute approximate surface area is 252 Å². The molecule has 240 valence electrons. The molecule has 1 aliphatic heterocycles. The number of carbonyl (C=O) groups excluding carboxylic acids is 3. The molecule has 5 rings (SSSR count). The molecule has 0 aromatic heterocycles. The van der Waals surface area contributed by atoms with Crippen molar-refractivity contribution < 1.29 is 55.2 Å². The number of hydrogen-bond acceptors (Lipinski definition) is 14. The van der Waals surface area contributed by atoms with Crippen molar-refractivity contribution in [2.75, 3.05) is 40.5 Å². The van der Waals surface area contributed by atoms with Gasteiger partial charge in [-0.15, -0.1) is 0 Å². The summed E-state index contributed by atoms with van der Waals surface area (Å²) in [6.07, 6.45) is -0.397. The molecule has 0 spiro atoms. The summed E-state index contributed by atoms with van der Waals surface area (Å²) in [6, 6.07) is 3.11. The number of rotatable bonds is 7. The second kappa shape index (κ2) is 11.8. The van der Waals surface area contributed by atoms with Crippen molar-refractivity contribution in [1.82, 2.24) is 20.5 Å². The SMILES string of the molecule is C[C@H]1c2cccc(O)c2C(O)=C2C(=O)[C@]3(O)C(O)=C(C(=O)NCN4CCC(CON(O)O)CC4)C(=O)[C@@H](N(C)C)[C@@H]3[C@@H](O)[C@@H]21. The van der Waals surface area contributed by atoms with Crippen LogP contribution in [0.15, 0.2) is 35.1 Å². The molecule has 15 nitrogen and oxygen atoms in total. The summed E-state index contributed by atoms with van der Waals surface area (Å²) in [5.74, 6) is -8.57. The minimum Gasteiger partial charge on any atom is -0.508 e. The van der Waals surface area contributed by atoms with Crippen molar-refractivity contribution in [2.45, 2.75) is 43.4 Å². The van der Waals surface area contributed by atoms with Crippen LogP contribution in [0, 0.1) is 17.8 Å². The highest BCUT2D eigenvalue weighted by Gasteiger charge is 2.68. The molecule has 1 amide bonds. The van der Waals surface area contributed by atoms with Crippen LogP contribution < -0.4 is 5.32 Å². The summed E-state index contributed by atoms with van der Waals surface area (Å²) >= 11 is 0. The lowest BCUT2D eigenvalue weighted by atomic mass is 9.54. The maximum Gasteiger partial charge on any atom is 0.259 e. The van der Waals surface area contributed by atoms with Crippen LogP contribution in [0.3, 0.4) is 0 Å². The van der Waals surface area contributed by atoms with Gasteiger partial charge in [0.2, 0.25) is 5.78 Å². The molecule has 0 bridgehead atoms. The van der Waals surface area contributed by atoms with E-state index in [4.69, 9.17) is 10.4 Å². The summed E-state index contributed by atoms with van der Waals surface area (Å²) in [4.78, 5) is 49.3. The van der Waals surface area contributed by atoms with Crippen LogP contribution in [-0.2, 0) is 19.2 Å². The first-order valence-corrected chi connectivity index (χ1v) is 14.4. The van der Waals surface area contributed by atoms with Crippen molar-refractivity contribution in [3.8, 4) is 5.75 Å². The standard InChI is InChI=1S/C29H38N4O11/c1-13-15-5-4-6-16(34)18(15)23(35)19-17(13)24(36)21-22(31(2)3)25(37)20(27(39)29(21,41)26(19)38)28(40)30-12-32-9-7-14(8-10-32)11-44-33(42)43/h4-6,13-14,17,21-22,24,34-36,39,41-43H,7-12H2,1-3H3,(H,30,40)/t13-,17+,21+,22-,24-,29-/m0/s1. The number of piperidine rings is 1. The zero-order chi connectivity index (χ0) is 32.2. The fourth-order valence-electron chi connectivity index (χ4n) is 7.31. The molecule has 2 fully saturated rings. The number of benzene rings is 1. The Bertz CT molecular complexity index is 1420. The lowest BCUT2D eigenvalue weighted by Crippen LogP contribution is -2.70. The molecule has 1 aromatic rings. The van der Waals surface area contributed by atoms with Crippen LogP contribution in [0.25, 0.3) is 5.76 Å². The van der Waals surface area contributed by atoms with E-state index in [1.54, 1.807) is 19.1 Å². The van der Waals surface area contributed by atoms with Crippen molar-refractivity contribution in [2.24, 2.45) is 17.8 Å². The molecular formula is C29H38N4O11. The van der Waals surface area contributed by atoms with Gasteiger partial charge < -0.3 is 30.8 Å². The first-order valence-electron chi connectivity index (χ1n) is 14.4. The molecule has 8 N–H and O–H groups in total. The quantitative estimate of drug-likeness (QED) is 0.147. The number of phenols is 1. The van der Waals surface area contributed by atoms with Crippen LogP contribution >= 0.6 is 0 Å². The van der Waals surface area contributed by atoms with E-state index in [2.05, 4.69) is 10.2 Å². The van der Waals surface area contributed by atoms with Gasteiger partial charge in [0, 0.05) is 24.6 Å². The van der Waals surface area contributed by atoms with E-state index < -0.39 is 75.6 Å². The Balaban J connectivity index is 1.47. The number of aliphatic hydroxyl groups excluding tert-OH is 3. The number of fused-ring (bicyclic) bond motifs is 3. The van der Waals surface area contributed by atoms with Gasteiger partial charge in [0.15, 0.2) is 11.4 Å². The fourth-order valence-corrected chi connectivity index (χ4v) is 7.31. The lowest BCUT2D eigenvalue weighted by molar-refractivity contribution is -0.494. The lowest BCUT2D eigenvalue weighted by Gasteiger charge is -2.53. The number of aromatic hydroxyl groups is 1. The number of ketones is 2. The summed E-state index contributed by atoms with van der Waals surface area (Å²) in [5.41, 5.74) is -3.76. The van der Waals surface area contributed by atoms with Crippen LogP contribution in [0.1, 0.15) is 36.8 Å². The van der Waals surface area contributed by atoms with Gasteiger partial charge in [0.1, 0.15) is 22.8 Å². The summed E-state index contributed by atoms with van der Waals surface area (Å²) in [6.45, 7) is 2.74. The van der Waals surface area contributed by atoms with E-state index in [-0.39, 0.29) is 35.9 Å². The van der Waals surface area contributed by atoms with Crippen LogP contribution in [0.4, 0.5) is 0 Å². The first kappa shape index (κ1) is 32.0. The Hall–Kier alpha value is -3.41. The summed E-state index contributed by atoms with van der Waals surface area (Å²) in [7, 11) is 2.97. The predicted molar refractivity (Wildman–Crippen MR) is 150 cm³/mol. The summed E-state index contributed by atoms with van der Waals surface area (Å²) in [5, 5.41) is 76.5. The molecule has 0 unspecified atom stereocenters. The normalized spacial score (nSPS) is 31.3. The van der Waals surface area contributed by atoms with E-state index >= 15 is 0 Å². The highest BCUT2D eigenvalue weighted by molar-refractivity contribution is 6.25. The Kier molecular flexibility index (Phi) is 8.60. The average Bonchev–Trinajstić information content (AvgIpc) is 2.97. The molecule has 3 aliphatic carbocycles. The molecule has 1 saturated heterocycles. The maximum atomic E-state index is 14.2. The number of carbonyl (C=O) groups is 3. The minimum absolute atomic E-state index is 0.0325. The van der Waals surface area contributed by atoms with Gasteiger partial charge in [-0.3, -0.25) is 39.4 Å². The van der Waals surface area contributed by atoms with E-state index in [1.807, 2.05) is 4.90 Å². The zero-order valence-electron chi connectivity index (χ0n) is 24.5. The van der Waals surface area contributed by atoms with Gasteiger partial charge in [-0.05, 0) is 50.4 Å². The highest BCUT2D eigenvalue weighted by atomic mass is 17.1. The summed E-state index contributed by atoms with van der Waals surface area (Å²) < 4.78 is 0. The Morgan fingerprint density at radius 2 is 1.80 bits per heavy atom. The number of amides is 1. The monoisotopic (exact) mass is 618 g/mol. The third kappa shape index (κ3) is 4.98. The molecule has 1 aromatic carbocycles. The fraction of sp³-hybridized carbons (Fsp3) is 0.552. The van der Waals surface area contributed by atoms with Gasteiger partial charge in [-0.25, -0.2) is 0 Å². The van der Waals surface area contributed by atoms with Crippen LogP contribution in [-0.4, -0.2) is 127 Å². The molecule has 15 heteroatoms. The number of likely N-dealkylation sites (N-methyl/N-ethyl adjacent to an activating group) is 1. The predicted octanol–water partition coefficient (Wildman–Crippen LogP) is -0.192. The number of likely N-dealkylation sites (tertiary alicyclic amines) is 1. The van der Waals surface area contributed by atoms with Crippen molar-refractivity contribution in [1.29, 1.82) is 0 Å². The number of nitrogens with zero attached hydrogens (tertiary/aromatic N) is 3. The van der Waals surface area contributed by atoms with E-state index in [1.165, 1.54) is 25.1 Å². The molecule has 6 atom stereocenters. The number of hydrogen-bond donors (Lipinski definition) is 8. The molecule has 44 heavy (non-hydrogen) atoms. The van der Waals surface area contributed by atoms with E-state index in [9.17, 15) is 39.9 Å². The van der Waals surface area contributed by atoms with Gasteiger partial charge >= 0.3 is 0 Å². The van der Waals surface area contributed by atoms with Crippen molar-refractivity contribution >= 4 is 23.2 Å². The Morgan fingerprint density at radius 3 is 2.41 bits per heavy atom. The van der Waals surface area contributed by atoms with E-state index in [0.717, 1.165) is 0 Å².